The second kappa shape index (κ2) is 7.70. The molecule has 0 radical (unpaired) electrons. The van der Waals surface area contributed by atoms with Crippen LogP contribution in [-0.4, -0.2) is 24.3 Å². The standard InChI is InChI=1S/C14H28O3/c1-6-7-8-9-12(10-11(2)15)14(3,4)13(16)17-5/h11-12,15H,6-10H2,1-5H3. The van der Waals surface area contributed by atoms with Crippen LogP contribution < -0.4 is 0 Å². The first-order valence-corrected chi connectivity index (χ1v) is 6.62. The van der Waals surface area contributed by atoms with E-state index in [1.54, 1.807) is 6.92 Å². The van der Waals surface area contributed by atoms with Crippen LogP contribution in [0.15, 0.2) is 0 Å². The van der Waals surface area contributed by atoms with Crippen molar-refractivity contribution in [3.05, 3.63) is 0 Å². The molecule has 2 unspecified atom stereocenters. The molecule has 17 heavy (non-hydrogen) atoms. The summed E-state index contributed by atoms with van der Waals surface area (Å²) >= 11 is 0. The van der Waals surface area contributed by atoms with Crippen molar-refractivity contribution >= 4 is 5.97 Å². The maximum Gasteiger partial charge on any atom is 0.311 e. The molecule has 0 aliphatic heterocycles. The average Bonchev–Trinajstić information content (AvgIpc) is 2.26. The molecule has 0 aliphatic carbocycles. The Morgan fingerprint density at radius 2 is 1.94 bits per heavy atom. The zero-order valence-electron chi connectivity index (χ0n) is 12.0. The number of carbonyl (C=O) groups is 1. The number of hydrogen-bond donors (Lipinski definition) is 1. The lowest BCUT2D eigenvalue weighted by Crippen LogP contribution is -2.35. The SMILES string of the molecule is CCCCCC(CC(C)O)C(C)(C)C(=O)OC. The van der Waals surface area contributed by atoms with E-state index in [9.17, 15) is 9.90 Å². The van der Waals surface area contributed by atoms with Gasteiger partial charge in [0, 0.05) is 0 Å². The Labute approximate surface area is 106 Å². The van der Waals surface area contributed by atoms with Crippen molar-refractivity contribution < 1.29 is 14.6 Å². The first-order chi connectivity index (χ1) is 7.86. The molecule has 1 N–H and O–H groups in total. The first-order valence-electron chi connectivity index (χ1n) is 6.62. The molecule has 3 nitrogen and oxygen atoms in total. The number of methoxy groups -OCH3 is 1. The molecule has 0 aromatic rings. The van der Waals surface area contributed by atoms with Crippen LogP contribution in [0.2, 0.25) is 0 Å². The summed E-state index contributed by atoms with van der Waals surface area (Å²) in [5, 5.41) is 9.55. The largest absolute Gasteiger partial charge is 0.469 e. The molecule has 0 saturated carbocycles. The summed E-state index contributed by atoms with van der Waals surface area (Å²) in [6.07, 6.45) is 4.71. The quantitative estimate of drug-likeness (QED) is 0.527. The fraction of sp³-hybridized carbons (Fsp3) is 0.929. The van der Waals surface area contributed by atoms with Crippen LogP contribution >= 0.6 is 0 Å². The van der Waals surface area contributed by atoms with Gasteiger partial charge < -0.3 is 9.84 Å². The van der Waals surface area contributed by atoms with E-state index in [0.717, 1.165) is 12.8 Å². The molecule has 0 aromatic heterocycles. The molecule has 0 fully saturated rings. The van der Waals surface area contributed by atoms with Crippen molar-refractivity contribution in [2.45, 2.75) is 65.9 Å². The predicted molar refractivity (Wildman–Crippen MR) is 69.7 cm³/mol. The van der Waals surface area contributed by atoms with Gasteiger partial charge in [-0.05, 0) is 39.5 Å². The molecule has 0 aromatic carbocycles. The van der Waals surface area contributed by atoms with Gasteiger partial charge in [-0.2, -0.15) is 0 Å². The van der Waals surface area contributed by atoms with Crippen LogP contribution in [0.25, 0.3) is 0 Å². The summed E-state index contributed by atoms with van der Waals surface area (Å²) in [6, 6.07) is 0. The van der Waals surface area contributed by atoms with Crippen LogP contribution in [0.4, 0.5) is 0 Å². The van der Waals surface area contributed by atoms with Crippen LogP contribution in [0.5, 0.6) is 0 Å². The summed E-state index contributed by atoms with van der Waals surface area (Å²) in [4.78, 5) is 11.8. The van der Waals surface area contributed by atoms with Crippen LogP contribution in [-0.2, 0) is 9.53 Å². The van der Waals surface area contributed by atoms with E-state index < -0.39 is 5.41 Å². The lowest BCUT2D eigenvalue weighted by Gasteiger charge is -2.32. The second-order valence-electron chi connectivity index (χ2n) is 5.49. The van der Waals surface area contributed by atoms with Crippen molar-refractivity contribution in [1.29, 1.82) is 0 Å². The summed E-state index contributed by atoms with van der Waals surface area (Å²) in [7, 11) is 1.43. The van der Waals surface area contributed by atoms with Gasteiger partial charge in [-0.25, -0.2) is 0 Å². The van der Waals surface area contributed by atoms with Crippen molar-refractivity contribution in [3.8, 4) is 0 Å². The highest BCUT2D eigenvalue weighted by atomic mass is 16.5. The Morgan fingerprint density at radius 1 is 1.35 bits per heavy atom. The Hall–Kier alpha value is -0.570. The number of unbranched alkanes of at least 4 members (excludes halogenated alkanes) is 2. The monoisotopic (exact) mass is 244 g/mol. The van der Waals surface area contributed by atoms with Crippen molar-refractivity contribution in [2.24, 2.45) is 11.3 Å². The number of hydrogen-bond acceptors (Lipinski definition) is 3. The highest BCUT2D eigenvalue weighted by Crippen LogP contribution is 2.35. The zero-order valence-corrected chi connectivity index (χ0v) is 12.0. The smallest absolute Gasteiger partial charge is 0.311 e. The van der Waals surface area contributed by atoms with Gasteiger partial charge in [0.05, 0.1) is 18.6 Å². The molecule has 3 heteroatoms. The number of carbonyl (C=O) groups excluding carboxylic acids is 1. The van der Waals surface area contributed by atoms with Gasteiger partial charge in [-0.1, -0.05) is 26.2 Å². The van der Waals surface area contributed by atoms with Gasteiger partial charge in [0.2, 0.25) is 0 Å². The normalized spacial score (nSPS) is 15.4. The molecule has 0 bridgehead atoms. The third kappa shape index (κ3) is 5.53. The van der Waals surface area contributed by atoms with Gasteiger partial charge in [-0.15, -0.1) is 0 Å². The number of aliphatic hydroxyl groups excluding tert-OH is 1. The van der Waals surface area contributed by atoms with E-state index in [-0.39, 0.29) is 18.0 Å². The Kier molecular flexibility index (Phi) is 7.44. The van der Waals surface area contributed by atoms with Gasteiger partial charge >= 0.3 is 5.97 Å². The molecule has 0 aliphatic rings. The Morgan fingerprint density at radius 3 is 2.35 bits per heavy atom. The number of ether oxygens (including phenoxy) is 1. The molecule has 0 heterocycles. The van der Waals surface area contributed by atoms with Crippen molar-refractivity contribution in [2.75, 3.05) is 7.11 Å². The Balaban J connectivity index is 4.58. The van der Waals surface area contributed by atoms with Gasteiger partial charge in [0.1, 0.15) is 0 Å². The van der Waals surface area contributed by atoms with Crippen molar-refractivity contribution in [3.63, 3.8) is 0 Å². The lowest BCUT2D eigenvalue weighted by molar-refractivity contribution is -0.154. The Bertz CT molecular complexity index is 222. The van der Waals surface area contributed by atoms with E-state index in [0.29, 0.717) is 6.42 Å². The minimum absolute atomic E-state index is 0.181. The zero-order chi connectivity index (χ0) is 13.5. The molecule has 2 atom stereocenters. The van der Waals surface area contributed by atoms with Crippen molar-refractivity contribution in [1.82, 2.24) is 0 Å². The minimum Gasteiger partial charge on any atom is -0.469 e. The van der Waals surface area contributed by atoms with Crippen LogP contribution in [0.1, 0.15) is 59.8 Å². The molecular formula is C14H28O3. The van der Waals surface area contributed by atoms with Gasteiger partial charge in [0.25, 0.3) is 0 Å². The topological polar surface area (TPSA) is 46.5 Å². The lowest BCUT2D eigenvalue weighted by atomic mass is 9.73. The predicted octanol–water partition coefficient (Wildman–Crippen LogP) is 3.15. The fourth-order valence-corrected chi connectivity index (χ4v) is 2.26. The molecule has 0 spiro atoms. The fourth-order valence-electron chi connectivity index (χ4n) is 2.26. The van der Waals surface area contributed by atoms with Crippen LogP contribution in [0.3, 0.4) is 0 Å². The molecule has 102 valence electrons. The number of aliphatic hydroxyl groups is 1. The van der Waals surface area contributed by atoms with Gasteiger partial charge in [0.15, 0.2) is 0 Å². The highest BCUT2D eigenvalue weighted by Gasteiger charge is 2.37. The maximum atomic E-state index is 11.8. The van der Waals surface area contributed by atoms with E-state index in [1.807, 2.05) is 13.8 Å². The molecular weight excluding hydrogens is 216 g/mol. The average molecular weight is 244 g/mol. The number of esters is 1. The molecule has 0 amide bonds. The van der Waals surface area contributed by atoms with E-state index >= 15 is 0 Å². The number of rotatable bonds is 8. The third-order valence-corrected chi connectivity index (χ3v) is 3.51. The van der Waals surface area contributed by atoms with Crippen LogP contribution in [0, 0.1) is 11.3 Å². The maximum absolute atomic E-state index is 11.8. The summed E-state index contributed by atoms with van der Waals surface area (Å²) in [5.74, 6) is 0.00106. The van der Waals surface area contributed by atoms with E-state index in [1.165, 1.54) is 20.0 Å². The summed E-state index contributed by atoms with van der Waals surface area (Å²) in [6.45, 7) is 7.77. The first kappa shape index (κ1) is 16.4. The van der Waals surface area contributed by atoms with Gasteiger partial charge in [-0.3, -0.25) is 4.79 Å². The summed E-state index contributed by atoms with van der Waals surface area (Å²) in [5.41, 5.74) is -0.514. The third-order valence-electron chi connectivity index (χ3n) is 3.51. The summed E-state index contributed by atoms with van der Waals surface area (Å²) < 4.78 is 4.86. The minimum atomic E-state index is -0.514. The van der Waals surface area contributed by atoms with E-state index in [2.05, 4.69) is 6.92 Å². The second-order valence-corrected chi connectivity index (χ2v) is 5.49. The van der Waals surface area contributed by atoms with E-state index in [4.69, 9.17) is 4.74 Å². The highest BCUT2D eigenvalue weighted by molar-refractivity contribution is 5.76. The molecule has 0 rings (SSSR count). The molecule has 0 saturated heterocycles.